The lowest BCUT2D eigenvalue weighted by molar-refractivity contribution is 0.621. The third-order valence-electron chi connectivity index (χ3n) is 0.769. The minimum atomic E-state index is -0.475. The summed E-state index contributed by atoms with van der Waals surface area (Å²) in [5, 5.41) is -0.0677. The van der Waals surface area contributed by atoms with E-state index in [1.54, 1.807) is 6.07 Å². The van der Waals surface area contributed by atoms with Crippen LogP contribution in [-0.4, -0.2) is 4.98 Å². The standard InChI is InChI=1S/C5H2ClFIN/c6-5-3(7)1-2-4(8)9-5/h1-2H. The zero-order valence-electron chi connectivity index (χ0n) is 4.24. The maximum atomic E-state index is 12.3. The van der Waals surface area contributed by atoms with Crippen molar-refractivity contribution in [3.05, 3.63) is 26.8 Å². The summed E-state index contributed by atoms with van der Waals surface area (Å²) in [4.78, 5) is 3.65. The van der Waals surface area contributed by atoms with Gasteiger partial charge in [0.1, 0.15) is 3.70 Å². The summed E-state index contributed by atoms with van der Waals surface area (Å²) in [5.41, 5.74) is 0. The number of rotatable bonds is 0. The maximum absolute atomic E-state index is 12.3. The fourth-order valence-electron chi connectivity index (χ4n) is 0.395. The van der Waals surface area contributed by atoms with Gasteiger partial charge in [0.25, 0.3) is 0 Å². The van der Waals surface area contributed by atoms with Gasteiger partial charge in [-0.15, -0.1) is 0 Å². The molecule has 1 aromatic rings. The Hall–Kier alpha value is 0.1000. The molecule has 0 amide bonds. The van der Waals surface area contributed by atoms with E-state index in [4.69, 9.17) is 11.6 Å². The molecule has 0 aliphatic carbocycles. The summed E-state index contributed by atoms with van der Waals surface area (Å²) in [6.07, 6.45) is 0. The Morgan fingerprint density at radius 2 is 2.22 bits per heavy atom. The van der Waals surface area contributed by atoms with Crippen LogP contribution in [0.1, 0.15) is 0 Å². The van der Waals surface area contributed by atoms with Crippen molar-refractivity contribution in [3.8, 4) is 0 Å². The molecular formula is C5H2ClFIN. The second-order valence-corrected chi connectivity index (χ2v) is 2.87. The average Bonchev–Trinajstić information content (AvgIpc) is 1.80. The average molecular weight is 257 g/mol. The Morgan fingerprint density at radius 3 is 2.67 bits per heavy atom. The lowest BCUT2D eigenvalue weighted by Crippen LogP contribution is -1.83. The molecule has 1 nitrogen and oxygen atoms in total. The molecule has 48 valence electrons. The highest BCUT2D eigenvalue weighted by Gasteiger charge is 1.98. The van der Waals surface area contributed by atoms with Crippen LogP contribution in [0.2, 0.25) is 5.15 Å². The SMILES string of the molecule is Fc1ccc(I)nc1Cl. The van der Waals surface area contributed by atoms with Crippen LogP contribution in [0.15, 0.2) is 12.1 Å². The number of nitrogens with zero attached hydrogens (tertiary/aromatic N) is 1. The molecule has 0 aliphatic rings. The van der Waals surface area contributed by atoms with Crippen LogP contribution in [-0.2, 0) is 0 Å². The van der Waals surface area contributed by atoms with E-state index in [2.05, 4.69) is 4.98 Å². The van der Waals surface area contributed by atoms with Gasteiger partial charge in [-0.1, -0.05) is 11.6 Å². The van der Waals surface area contributed by atoms with Gasteiger partial charge in [-0.2, -0.15) is 0 Å². The quantitative estimate of drug-likeness (QED) is 0.514. The molecule has 0 saturated heterocycles. The van der Waals surface area contributed by atoms with Crippen molar-refractivity contribution in [2.24, 2.45) is 0 Å². The van der Waals surface area contributed by atoms with Crippen LogP contribution in [0.4, 0.5) is 4.39 Å². The molecule has 0 atom stereocenters. The van der Waals surface area contributed by atoms with E-state index in [9.17, 15) is 4.39 Å². The lowest BCUT2D eigenvalue weighted by atomic mass is 10.5. The first kappa shape index (κ1) is 7.21. The van der Waals surface area contributed by atoms with E-state index in [0.29, 0.717) is 3.70 Å². The molecule has 0 aromatic carbocycles. The number of halogens is 3. The van der Waals surface area contributed by atoms with Gasteiger partial charge >= 0.3 is 0 Å². The topological polar surface area (TPSA) is 12.9 Å². The van der Waals surface area contributed by atoms with Gasteiger partial charge in [-0.05, 0) is 34.7 Å². The minimum Gasteiger partial charge on any atom is -0.227 e. The van der Waals surface area contributed by atoms with Gasteiger partial charge in [-0.25, -0.2) is 9.37 Å². The lowest BCUT2D eigenvalue weighted by Gasteiger charge is -1.90. The molecule has 0 spiro atoms. The minimum absolute atomic E-state index is 0.0677. The van der Waals surface area contributed by atoms with Crippen molar-refractivity contribution >= 4 is 34.2 Å². The molecule has 0 unspecified atom stereocenters. The summed E-state index contributed by atoms with van der Waals surface area (Å²) < 4.78 is 13.0. The van der Waals surface area contributed by atoms with Crippen LogP contribution in [0.25, 0.3) is 0 Å². The maximum Gasteiger partial charge on any atom is 0.165 e. The van der Waals surface area contributed by atoms with Crippen molar-refractivity contribution in [3.63, 3.8) is 0 Å². The molecule has 1 rings (SSSR count). The van der Waals surface area contributed by atoms with Crippen LogP contribution < -0.4 is 0 Å². The largest absolute Gasteiger partial charge is 0.227 e. The van der Waals surface area contributed by atoms with Gasteiger partial charge in [0.05, 0.1) is 0 Å². The fraction of sp³-hybridized carbons (Fsp3) is 0. The first-order chi connectivity index (χ1) is 4.20. The number of hydrogen-bond donors (Lipinski definition) is 0. The second kappa shape index (κ2) is 2.79. The molecule has 0 saturated carbocycles. The summed E-state index contributed by atoms with van der Waals surface area (Å²) in [6, 6.07) is 2.85. The summed E-state index contributed by atoms with van der Waals surface area (Å²) in [7, 11) is 0. The number of aromatic nitrogens is 1. The van der Waals surface area contributed by atoms with Crippen molar-refractivity contribution in [1.29, 1.82) is 0 Å². The predicted molar refractivity (Wildman–Crippen MR) is 41.9 cm³/mol. The second-order valence-electron chi connectivity index (χ2n) is 1.41. The molecule has 0 radical (unpaired) electrons. The molecule has 1 aromatic heterocycles. The molecule has 0 aliphatic heterocycles. The van der Waals surface area contributed by atoms with Gasteiger partial charge < -0.3 is 0 Å². The highest BCUT2D eigenvalue weighted by Crippen LogP contribution is 2.11. The van der Waals surface area contributed by atoms with Gasteiger partial charge in [0.15, 0.2) is 11.0 Å². The first-order valence-corrected chi connectivity index (χ1v) is 3.63. The van der Waals surface area contributed by atoms with Crippen LogP contribution in [0.3, 0.4) is 0 Å². The van der Waals surface area contributed by atoms with E-state index in [1.165, 1.54) is 6.07 Å². The van der Waals surface area contributed by atoms with Crippen LogP contribution in [0.5, 0.6) is 0 Å². The van der Waals surface area contributed by atoms with Gasteiger partial charge in [0.2, 0.25) is 0 Å². The molecule has 0 N–H and O–H groups in total. The Labute approximate surface area is 70.4 Å². The zero-order valence-corrected chi connectivity index (χ0v) is 7.15. The Morgan fingerprint density at radius 1 is 1.56 bits per heavy atom. The predicted octanol–water partition coefficient (Wildman–Crippen LogP) is 2.48. The van der Waals surface area contributed by atoms with E-state index in [0.717, 1.165) is 0 Å². The molecule has 0 fully saturated rings. The summed E-state index contributed by atoms with van der Waals surface area (Å²) >= 11 is 7.28. The van der Waals surface area contributed by atoms with Crippen LogP contribution >= 0.6 is 34.2 Å². The molecule has 4 heteroatoms. The highest BCUT2D eigenvalue weighted by molar-refractivity contribution is 14.1. The highest BCUT2D eigenvalue weighted by atomic mass is 127. The number of hydrogen-bond acceptors (Lipinski definition) is 1. The Balaban J connectivity index is 3.17. The molecule has 9 heavy (non-hydrogen) atoms. The monoisotopic (exact) mass is 257 g/mol. The summed E-state index contributed by atoms with van der Waals surface area (Å²) in [5.74, 6) is -0.475. The van der Waals surface area contributed by atoms with E-state index in [-0.39, 0.29) is 5.15 Å². The van der Waals surface area contributed by atoms with Crippen molar-refractivity contribution in [2.75, 3.05) is 0 Å². The van der Waals surface area contributed by atoms with E-state index >= 15 is 0 Å². The smallest absolute Gasteiger partial charge is 0.165 e. The number of pyridine rings is 1. The normalized spacial score (nSPS) is 9.67. The molecule has 1 heterocycles. The van der Waals surface area contributed by atoms with Gasteiger partial charge in [-0.3, -0.25) is 0 Å². The Kier molecular flexibility index (Phi) is 2.23. The van der Waals surface area contributed by atoms with Crippen molar-refractivity contribution < 1.29 is 4.39 Å². The molecule has 0 bridgehead atoms. The van der Waals surface area contributed by atoms with Crippen molar-refractivity contribution in [1.82, 2.24) is 4.98 Å². The van der Waals surface area contributed by atoms with Gasteiger partial charge in [0, 0.05) is 0 Å². The van der Waals surface area contributed by atoms with E-state index < -0.39 is 5.82 Å². The first-order valence-electron chi connectivity index (χ1n) is 2.17. The Bertz CT molecular complexity index is 228. The zero-order chi connectivity index (χ0) is 6.85. The van der Waals surface area contributed by atoms with E-state index in [1.807, 2.05) is 22.6 Å². The summed E-state index contributed by atoms with van der Waals surface area (Å²) in [6.45, 7) is 0. The fourth-order valence-corrected chi connectivity index (χ4v) is 1.11. The van der Waals surface area contributed by atoms with Crippen LogP contribution in [0, 0.1) is 9.52 Å². The molecular weight excluding hydrogens is 255 g/mol. The van der Waals surface area contributed by atoms with Crippen molar-refractivity contribution in [2.45, 2.75) is 0 Å². The third kappa shape index (κ3) is 1.76. The third-order valence-corrected chi connectivity index (χ3v) is 1.64.